The van der Waals surface area contributed by atoms with Crippen molar-refractivity contribution in [3.63, 3.8) is 0 Å². The predicted molar refractivity (Wildman–Crippen MR) is 83.4 cm³/mol. The minimum Gasteiger partial charge on any atom is -0.352 e. The molecule has 21 heavy (non-hydrogen) atoms. The molecule has 0 atom stereocenters. The van der Waals surface area contributed by atoms with Crippen LogP contribution in [0.1, 0.15) is 19.0 Å². The molecule has 1 saturated heterocycles. The summed E-state index contributed by atoms with van der Waals surface area (Å²) in [5, 5.41) is 0. The van der Waals surface area contributed by atoms with E-state index in [1.165, 1.54) is 0 Å². The van der Waals surface area contributed by atoms with E-state index < -0.39 is 0 Å². The van der Waals surface area contributed by atoms with E-state index >= 15 is 0 Å². The molecule has 1 aliphatic heterocycles. The highest BCUT2D eigenvalue weighted by Gasteiger charge is 2.22. The molecule has 0 spiro atoms. The van der Waals surface area contributed by atoms with Gasteiger partial charge in [-0.2, -0.15) is 0 Å². The fourth-order valence-electron chi connectivity index (χ4n) is 2.77. The number of aryl methyl sites for hydroxylation is 1. The zero-order valence-corrected chi connectivity index (χ0v) is 12.5. The largest absolute Gasteiger partial charge is 0.352 e. The molecule has 1 aromatic carbocycles. The molecule has 0 aliphatic carbocycles. The normalized spacial score (nSPS) is 15.5. The zero-order valence-electron chi connectivity index (χ0n) is 12.5. The average Bonchev–Trinajstić information content (AvgIpc) is 2.53. The maximum atomic E-state index is 11.7. The molecule has 2 heterocycles. The molecule has 5 heteroatoms. The van der Waals surface area contributed by atoms with Crippen molar-refractivity contribution in [2.45, 2.75) is 20.3 Å². The van der Waals surface area contributed by atoms with Gasteiger partial charge in [0.05, 0.1) is 16.7 Å². The third-order valence-electron chi connectivity index (χ3n) is 3.95. The van der Waals surface area contributed by atoms with Crippen LogP contribution >= 0.6 is 0 Å². The summed E-state index contributed by atoms with van der Waals surface area (Å²) in [5.41, 5.74) is 2.80. The molecular weight excluding hydrogens is 264 g/mol. The number of rotatable bonds is 2. The average molecular weight is 284 g/mol. The highest BCUT2D eigenvalue weighted by atomic mass is 16.2. The second-order valence-electron chi connectivity index (χ2n) is 5.34. The molecule has 2 aromatic rings. The number of hydrogen-bond donors (Lipinski definition) is 0. The number of benzene rings is 1. The van der Waals surface area contributed by atoms with Crippen LogP contribution in [0.5, 0.6) is 0 Å². The van der Waals surface area contributed by atoms with Gasteiger partial charge in [0, 0.05) is 32.6 Å². The number of fused-ring (bicyclic) bond motifs is 1. The van der Waals surface area contributed by atoms with Crippen LogP contribution in [0, 0.1) is 6.92 Å². The van der Waals surface area contributed by atoms with E-state index in [-0.39, 0.29) is 5.91 Å². The summed E-state index contributed by atoms with van der Waals surface area (Å²) in [6.45, 7) is 7.08. The molecule has 5 nitrogen and oxygen atoms in total. The van der Waals surface area contributed by atoms with Crippen molar-refractivity contribution in [1.29, 1.82) is 0 Å². The number of para-hydroxylation sites is 2. The van der Waals surface area contributed by atoms with Crippen molar-refractivity contribution in [1.82, 2.24) is 14.9 Å². The summed E-state index contributed by atoms with van der Waals surface area (Å²) in [6.07, 6.45) is 0.578. The number of hydrogen-bond acceptors (Lipinski definition) is 4. The molecule has 0 unspecified atom stereocenters. The van der Waals surface area contributed by atoms with Gasteiger partial charge >= 0.3 is 0 Å². The minimum absolute atomic E-state index is 0.232. The molecule has 3 rings (SSSR count). The lowest BCUT2D eigenvalue weighted by molar-refractivity contribution is -0.131. The van der Waals surface area contributed by atoms with Gasteiger partial charge in [0.2, 0.25) is 5.91 Å². The van der Waals surface area contributed by atoms with Gasteiger partial charge in [-0.25, -0.2) is 9.97 Å². The number of carbonyl (C=O) groups is 1. The van der Waals surface area contributed by atoms with Crippen LogP contribution in [0.2, 0.25) is 0 Å². The Hall–Kier alpha value is -2.17. The first-order valence-corrected chi connectivity index (χ1v) is 7.45. The third-order valence-corrected chi connectivity index (χ3v) is 3.95. The Labute approximate surface area is 124 Å². The number of piperazine rings is 1. The van der Waals surface area contributed by atoms with Crippen LogP contribution in [0.25, 0.3) is 11.0 Å². The Bertz CT molecular complexity index is 662. The summed E-state index contributed by atoms with van der Waals surface area (Å²) >= 11 is 0. The molecule has 0 radical (unpaired) electrons. The Morgan fingerprint density at radius 1 is 1.10 bits per heavy atom. The molecule has 1 fully saturated rings. The Morgan fingerprint density at radius 3 is 2.33 bits per heavy atom. The number of nitrogens with zero attached hydrogens (tertiary/aromatic N) is 4. The number of anilines is 1. The Morgan fingerprint density at radius 2 is 1.71 bits per heavy atom. The van der Waals surface area contributed by atoms with Crippen LogP contribution in [0.3, 0.4) is 0 Å². The van der Waals surface area contributed by atoms with Gasteiger partial charge in [-0.15, -0.1) is 0 Å². The van der Waals surface area contributed by atoms with Crippen molar-refractivity contribution in [2.75, 3.05) is 31.1 Å². The lowest BCUT2D eigenvalue weighted by Crippen LogP contribution is -2.49. The molecule has 110 valence electrons. The van der Waals surface area contributed by atoms with Gasteiger partial charge in [0.1, 0.15) is 0 Å². The molecule has 1 amide bonds. The summed E-state index contributed by atoms with van der Waals surface area (Å²) < 4.78 is 0. The molecule has 1 aromatic heterocycles. The van der Waals surface area contributed by atoms with Gasteiger partial charge in [-0.05, 0) is 19.1 Å². The second kappa shape index (κ2) is 5.68. The standard InChI is InChI=1S/C16H20N4O/c1-3-15(21)19-8-10-20(11-9-19)16-12(2)17-13-6-4-5-7-14(13)18-16/h4-7H,3,8-11H2,1-2H3. The molecule has 0 bridgehead atoms. The van der Waals surface area contributed by atoms with Crippen LogP contribution in [0.15, 0.2) is 24.3 Å². The maximum Gasteiger partial charge on any atom is 0.222 e. The van der Waals surface area contributed by atoms with Crippen molar-refractivity contribution < 1.29 is 4.79 Å². The zero-order chi connectivity index (χ0) is 14.8. The van der Waals surface area contributed by atoms with Crippen molar-refractivity contribution in [3.05, 3.63) is 30.0 Å². The van der Waals surface area contributed by atoms with Gasteiger partial charge in [0.15, 0.2) is 5.82 Å². The summed E-state index contributed by atoms with van der Waals surface area (Å²) in [5.74, 6) is 1.17. The predicted octanol–water partition coefficient (Wildman–Crippen LogP) is 2.00. The number of carbonyl (C=O) groups excluding carboxylic acids is 1. The minimum atomic E-state index is 0.232. The quantitative estimate of drug-likeness (QED) is 0.846. The number of aromatic nitrogens is 2. The fourth-order valence-corrected chi connectivity index (χ4v) is 2.77. The van der Waals surface area contributed by atoms with Crippen LogP contribution < -0.4 is 4.90 Å². The van der Waals surface area contributed by atoms with E-state index in [1.54, 1.807) is 0 Å². The van der Waals surface area contributed by atoms with Gasteiger partial charge < -0.3 is 9.80 Å². The first kappa shape index (κ1) is 13.8. The smallest absolute Gasteiger partial charge is 0.222 e. The van der Waals surface area contributed by atoms with Crippen molar-refractivity contribution >= 4 is 22.8 Å². The van der Waals surface area contributed by atoms with Gasteiger partial charge in [0.25, 0.3) is 0 Å². The van der Waals surface area contributed by atoms with E-state index in [0.29, 0.717) is 6.42 Å². The van der Waals surface area contributed by atoms with Crippen molar-refractivity contribution in [2.24, 2.45) is 0 Å². The van der Waals surface area contributed by atoms with Crippen LogP contribution in [-0.4, -0.2) is 47.0 Å². The number of amides is 1. The topological polar surface area (TPSA) is 49.3 Å². The highest BCUT2D eigenvalue weighted by Crippen LogP contribution is 2.21. The van der Waals surface area contributed by atoms with Gasteiger partial charge in [-0.3, -0.25) is 4.79 Å². The van der Waals surface area contributed by atoms with Crippen LogP contribution in [-0.2, 0) is 4.79 Å². The lowest BCUT2D eigenvalue weighted by atomic mass is 10.2. The SMILES string of the molecule is CCC(=O)N1CCN(c2nc3ccccc3nc2C)CC1. The maximum absolute atomic E-state index is 11.7. The second-order valence-corrected chi connectivity index (χ2v) is 5.34. The van der Waals surface area contributed by atoms with E-state index in [9.17, 15) is 4.79 Å². The van der Waals surface area contributed by atoms with E-state index in [0.717, 1.165) is 48.7 Å². The fraction of sp³-hybridized carbons (Fsp3) is 0.438. The lowest BCUT2D eigenvalue weighted by Gasteiger charge is -2.35. The summed E-state index contributed by atoms with van der Waals surface area (Å²) in [6, 6.07) is 7.93. The van der Waals surface area contributed by atoms with E-state index in [2.05, 4.69) is 9.88 Å². The summed E-state index contributed by atoms with van der Waals surface area (Å²) in [7, 11) is 0. The monoisotopic (exact) mass is 284 g/mol. The van der Waals surface area contributed by atoms with E-state index in [4.69, 9.17) is 4.98 Å². The first-order valence-electron chi connectivity index (χ1n) is 7.45. The summed E-state index contributed by atoms with van der Waals surface area (Å²) in [4.78, 5) is 25.3. The van der Waals surface area contributed by atoms with Crippen molar-refractivity contribution in [3.8, 4) is 0 Å². The third kappa shape index (κ3) is 2.68. The van der Waals surface area contributed by atoms with E-state index in [1.807, 2.05) is 43.0 Å². The molecular formula is C16H20N4O. The van der Waals surface area contributed by atoms with Crippen LogP contribution in [0.4, 0.5) is 5.82 Å². The molecule has 0 N–H and O–H groups in total. The first-order chi connectivity index (χ1) is 10.2. The highest BCUT2D eigenvalue weighted by molar-refractivity contribution is 5.77. The molecule has 0 saturated carbocycles. The Kier molecular flexibility index (Phi) is 3.73. The van der Waals surface area contributed by atoms with Gasteiger partial charge in [-0.1, -0.05) is 19.1 Å². The molecule has 1 aliphatic rings. The Balaban J connectivity index is 1.82.